The van der Waals surface area contributed by atoms with Gasteiger partial charge < -0.3 is 10.1 Å². The highest BCUT2D eigenvalue weighted by atomic mass is 32.2. The first-order valence-corrected chi connectivity index (χ1v) is 9.85. The van der Waals surface area contributed by atoms with Crippen molar-refractivity contribution in [3.8, 4) is 5.75 Å². The zero-order valence-electron chi connectivity index (χ0n) is 15.0. The monoisotopic (exact) mass is 374 g/mol. The Morgan fingerprint density at radius 3 is 2.38 bits per heavy atom. The molecule has 0 saturated heterocycles. The number of rotatable bonds is 4. The van der Waals surface area contributed by atoms with Gasteiger partial charge in [0, 0.05) is 18.3 Å². The Hall–Kier alpha value is -2.54. The van der Waals surface area contributed by atoms with Crippen LogP contribution in [0.4, 0.5) is 11.4 Å². The molecule has 0 spiro atoms. The maximum absolute atomic E-state index is 12.6. The van der Waals surface area contributed by atoms with E-state index >= 15 is 0 Å². The van der Waals surface area contributed by atoms with Crippen LogP contribution >= 0.6 is 0 Å². The normalized spacial score (nSPS) is 15.5. The Kier molecular flexibility index (Phi) is 4.66. The van der Waals surface area contributed by atoms with Gasteiger partial charge in [0.15, 0.2) is 0 Å². The van der Waals surface area contributed by atoms with Crippen molar-refractivity contribution in [3.63, 3.8) is 0 Å². The van der Waals surface area contributed by atoms with E-state index < -0.39 is 10.0 Å². The molecule has 0 unspecified atom stereocenters. The van der Waals surface area contributed by atoms with Crippen molar-refractivity contribution < 1.29 is 17.9 Å². The van der Waals surface area contributed by atoms with Crippen molar-refractivity contribution in [2.75, 3.05) is 10.0 Å². The molecule has 1 heterocycles. The second kappa shape index (κ2) is 6.64. The van der Waals surface area contributed by atoms with Crippen molar-refractivity contribution in [3.05, 3.63) is 48.0 Å². The van der Waals surface area contributed by atoms with E-state index in [0.29, 0.717) is 11.4 Å². The summed E-state index contributed by atoms with van der Waals surface area (Å²) in [6.45, 7) is 5.47. The lowest BCUT2D eigenvalue weighted by molar-refractivity contribution is -0.114. The van der Waals surface area contributed by atoms with Gasteiger partial charge in [-0.3, -0.25) is 9.52 Å². The molecule has 0 aromatic heterocycles. The molecule has 1 aliphatic heterocycles. The first-order chi connectivity index (χ1) is 12.1. The molecule has 138 valence electrons. The molecule has 1 amide bonds. The first-order valence-electron chi connectivity index (χ1n) is 8.37. The topological polar surface area (TPSA) is 84.5 Å². The first kappa shape index (κ1) is 18.3. The molecule has 0 fully saturated rings. The van der Waals surface area contributed by atoms with Crippen LogP contribution in [0, 0.1) is 0 Å². The van der Waals surface area contributed by atoms with E-state index in [0.717, 1.165) is 24.2 Å². The van der Waals surface area contributed by atoms with Gasteiger partial charge >= 0.3 is 0 Å². The smallest absolute Gasteiger partial charge is 0.261 e. The van der Waals surface area contributed by atoms with Gasteiger partial charge in [-0.2, -0.15) is 0 Å². The summed E-state index contributed by atoms with van der Waals surface area (Å²) in [6.07, 6.45) is 1.71. The van der Waals surface area contributed by atoms with Gasteiger partial charge in [0.1, 0.15) is 11.4 Å². The molecule has 0 aliphatic carbocycles. The average Bonchev–Trinajstić information content (AvgIpc) is 2.54. The SMILES string of the molecule is CC(=O)Nc1ccc(S(=O)(=O)Nc2ccc3c(c2)CCC(C)(C)O3)cc1. The van der Waals surface area contributed by atoms with Crippen LogP contribution in [0.25, 0.3) is 0 Å². The fourth-order valence-electron chi connectivity index (χ4n) is 2.86. The number of nitrogens with one attached hydrogen (secondary N) is 2. The predicted molar refractivity (Wildman–Crippen MR) is 101 cm³/mol. The standard InChI is InChI=1S/C19H22N2O4S/c1-13(22)20-15-4-7-17(8-5-15)26(23,24)21-16-6-9-18-14(12-16)10-11-19(2,3)25-18/h4-9,12,21H,10-11H2,1-3H3,(H,20,22). The van der Waals surface area contributed by atoms with Gasteiger partial charge in [0.25, 0.3) is 10.0 Å². The second-order valence-corrected chi connectivity index (χ2v) is 8.68. The van der Waals surface area contributed by atoms with Gasteiger partial charge in [-0.1, -0.05) is 0 Å². The number of carbonyl (C=O) groups is 1. The van der Waals surface area contributed by atoms with Crippen LogP contribution in [0.5, 0.6) is 5.75 Å². The summed E-state index contributed by atoms with van der Waals surface area (Å²) in [6, 6.07) is 11.3. The molecule has 0 saturated carbocycles. The highest BCUT2D eigenvalue weighted by Crippen LogP contribution is 2.35. The van der Waals surface area contributed by atoms with Gasteiger partial charge in [-0.25, -0.2) is 8.42 Å². The summed E-state index contributed by atoms with van der Waals surface area (Å²) in [4.78, 5) is 11.2. The summed E-state index contributed by atoms with van der Waals surface area (Å²) in [5, 5.41) is 2.61. The minimum absolute atomic E-state index is 0.127. The lowest BCUT2D eigenvalue weighted by Gasteiger charge is -2.32. The minimum Gasteiger partial charge on any atom is -0.488 e. The van der Waals surface area contributed by atoms with E-state index in [4.69, 9.17) is 4.74 Å². The number of fused-ring (bicyclic) bond motifs is 1. The van der Waals surface area contributed by atoms with Crippen LogP contribution < -0.4 is 14.8 Å². The molecule has 2 aromatic rings. The molecule has 26 heavy (non-hydrogen) atoms. The van der Waals surface area contributed by atoms with E-state index in [1.165, 1.54) is 19.1 Å². The molecule has 6 nitrogen and oxygen atoms in total. The van der Waals surface area contributed by atoms with E-state index in [9.17, 15) is 13.2 Å². The summed E-state index contributed by atoms with van der Waals surface area (Å²) in [7, 11) is -3.71. The number of carbonyl (C=O) groups excluding carboxylic acids is 1. The number of benzene rings is 2. The molecular formula is C19H22N2O4S. The minimum atomic E-state index is -3.71. The number of hydrogen-bond acceptors (Lipinski definition) is 4. The molecule has 2 aromatic carbocycles. The van der Waals surface area contributed by atoms with Gasteiger partial charge in [0.2, 0.25) is 5.91 Å². The van der Waals surface area contributed by atoms with Crippen LogP contribution in [-0.2, 0) is 21.2 Å². The van der Waals surface area contributed by atoms with E-state index in [1.54, 1.807) is 24.3 Å². The molecule has 1 aliphatic rings. The zero-order valence-corrected chi connectivity index (χ0v) is 15.8. The highest BCUT2D eigenvalue weighted by molar-refractivity contribution is 7.92. The Morgan fingerprint density at radius 1 is 1.08 bits per heavy atom. The summed E-state index contributed by atoms with van der Waals surface area (Å²) in [5.41, 5.74) is 1.83. The van der Waals surface area contributed by atoms with Crippen molar-refractivity contribution >= 4 is 27.3 Å². The highest BCUT2D eigenvalue weighted by Gasteiger charge is 2.26. The molecule has 0 atom stereocenters. The third-order valence-electron chi connectivity index (χ3n) is 4.18. The van der Waals surface area contributed by atoms with Gasteiger partial charge in [-0.05, 0) is 74.7 Å². The molecule has 0 radical (unpaired) electrons. The van der Waals surface area contributed by atoms with Crippen molar-refractivity contribution in [1.29, 1.82) is 0 Å². The Morgan fingerprint density at radius 2 is 1.73 bits per heavy atom. The third-order valence-corrected chi connectivity index (χ3v) is 5.58. The summed E-state index contributed by atoms with van der Waals surface area (Å²) >= 11 is 0. The lowest BCUT2D eigenvalue weighted by atomic mass is 9.94. The molecule has 0 bridgehead atoms. The fraction of sp³-hybridized carbons (Fsp3) is 0.316. The number of anilines is 2. The number of sulfonamides is 1. The maximum atomic E-state index is 12.6. The van der Waals surface area contributed by atoms with Gasteiger partial charge in [-0.15, -0.1) is 0 Å². The van der Waals surface area contributed by atoms with E-state index in [1.807, 2.05) is 19.9 Å². The summed E-state index contributed by atoms with van der Waals surface area (Å²) in [5.74, 6) is 0.585. The van der Waals surface area contributed by atoms with E-state index in [-0.39, 0.29) is 16.4 Å². The van der Waals surface area contributed by atoms with Crippen molar-refractivity contribution in [2.24, 2.45) is 0 Å². The maximum Gasteiger partial charge on any atom is 0.261 e. The zero-order chi connectivity index (χ0) is 18.9. The van der Waals surface area contributed by atoms with Crippen molar-refractivity contribution in [2.45, 2.75) is 44.1 Å². The van der Waals surface area contributed by atoms with Crippen LogP contribution in [0.15, 0.2) is 47.4 Å². The number of amides is 1. The Balaban J connectivity index is 1.78. The molecule has 2 N–H and O–H groups in total. The second-order valence-electron chi connectivity index (χ2n) is 7.00. The Labute approximate surface area is 153 Å². The van der Waals surface area contributed by atoms with Crippen LogP contribution in [0.2, 0.25) is 0 Å². The average molecular weight is 374 g/mol. The van der Waals surface area contributed by atoms with Crippen LogP contribution in [0.3, 0.4) is 0 Å². The molecular weight excluding hydrogens is 352 g/mol. The van der Waals surface area contributed by atoms with Crippen LogP contribution in [-0.4, -0.2) is 19.9 Å². The van der Waals surface area contributed by atoms with Crippen LogP contribution in [0.1, 0.15) is 32.8 Å². The molecule has 7 heteroatoms. The fourth-order valence-corrected chi connectivity index (χ4v) is 3.91. The van der Waals surface area contributed by atoms with E-state index in [2.05, 4.69) is 10.0 Å². The largest absolute Gasteiger partial charge is 0.488 e. The third kappa shape index (κ3) is 4.16. The number of hydrogen-bond donors (Lipinski definition) is 2. The van der Waals surface area contributed by atoms with Gasteiger partial charge in [0.05, 0.1) is 4.90 Å². The predicted octanol–water partition coefficient (Wildman–Crippen LogP) is 3.55. The number of aryl methyl sites for hydroxylation is 1. The molecule has 3 rings (SSSR count). The Bertz CT molecular complexity index is 935. The van der Waals surface area contributed by atoms with Crippen molar-refractivity contribution in [1.82, 2.24) is 0 Å². The summed E-state index contributed by atoms with van der Waals surface area (Å²) < 4.78 is 33.7. The number of ether oxygens (including phenoxy) is 1. The quantitative estimate of drug-likeness (QED) is 0.857. The lowest BCUT2D eigenvalue weighted by Crippen LogP contribution is -2.32.